The highest BCUT2D eigenvalue weighted by Gasteiger charge is 2.22. The fourth-order valence-electron chi connectivity index (χ4n) is 1.00. The smallest absolute Gasteiger partial charge is 0.379 e. The first kappa shape index (κ1) is 12.1. The molecule has 0 atom stereocenters. The molecule has 0 bridgehead atoms. The van der Waals surface area contributed by atoms with E-state index in [9.17, 15) is 19.7 Å². The first-order chi connectivity index (χ1) is 7.47. The van der Waals surface area contributed by atoms with E-state index >= 15 is 0 Å². The summed E-state index contributed by atoms with van der Waals surface area (Å²) < 4.78 is 4.20. The van der Waals surface area contributed by atoms with Crippen LogP contribution in [-0.2, 0) is 9.53 Å². The van der Waals surface area contributed by atoms with Gasteiger partial charge in [0.05, 0.1) is 22.6 Å². The van der Waals surface area contributed by atoms with Crippen molar-refractivity contribution >= 4 is 29.0 Å². The number of ether oxygens (including phenoxy) is 1. The molecular formula is C9H6ClNO5. The number of rotatable bonds is 3. The van der Waals surface area contributed by atoms with Crippen LogP contribution in [0.25, 0.3) is 0 Å². The van der Waals surface area contributed by atoms with Crippen LogP contribution in [0.5, 0.6) is 0 Å². The van der Waals surface area contributed by atoms with Crippen molar-refractivity contribution in [2.24, 2.45) is 0 Å². The third kappa shape index (κ3) is 2.34. The number of Topliss-reactive ketones (excluding diaryl/α,β-unsaturated/α-hetero) is 1. The second kappa shape index (κ2) is 4.71. The van der Waals surface area contributed by atoms with E-state index in [1.165, 1.54) is 6.07 Å². The average Bonchev–Trinajstić information content (AvgIpc) is 2.27. The maximum absolute atomic E-state index is 11.4. The van der Waals surface area contributed by atoms with Gasteiger partial charge in [0.15, 0.2) is 0 Å². The number of nitro benzene ring substituents is 1. The number of hydrogen-bond donors (Lipinski definition) is 0. The van der Waals surface area contributed by atoms with Crippen LogP contribution in [0.1, 0.15) is 10.4 Å². The van der Waals surface area contributed by atoms with Gasteiger partial charge >= 0.3 is 5.97 Å². The number of benzene rings is 1. The minimum Gasteiger partial charge on any atom is -0.463 e. The quantitative estimate of drug-likeness (QED) is 0.265. The molecule has 7 heteroatoms. The molecule has 0 saturated heterocycles. The first-order valence-electron chi connectivity index (χ1n) is 4.04. The second-order valence-corrected chi connectivity index (χ2v) is 3.15. The summed E-state index contributed by atoms with van der Waals surface area (Å²) in [6.07, 6.45) is 0. The SMILES string of the molecule is COC(=O)C(=O)c1cc([N+](=O)[O-])ccc1Cl. The highest BCUT2D eigenvalue weighted by Crippen LogP contribution is 2.22. The number of carbonyl (C=O) groups is 2. The number of nitrogens with zero attached hydrogens (tertiary/aromatic N) is 1. The van der Waals surface area contributed by atoms with E-state index in [1.807, 2.05) is 0 Å². The Balaban J connectivity index is 3.22. The molecule has 6 nitrogen and oxygen atoms in total. The van der Waals surface area contributed by atoms with E-state index < -0.39 is 16.7 Å². The zero-order valence-electron chi connectivity index (χ0n) is 8.10. The van der Waals surface area contributed by atoms with Crippen LogP contribution in [0.15, 0.2) is 18.2 Å². The van der Waals surface area contributed by atoms with Crippen molar-refractivity contribution in [1.82, 2.24) is 0 Å². The molecule has 1 aromatic carbocycles. The van der Waals surface area contributed by atoms with E-state index in [0.717, 1.165) is 19.2 Å². The largest absolute Gasteiger partial charge is 0.463 e. The minimum absolute atomic E-state index is 0.0407. The molecule has 0 heterocycles. The molecular weight excluding hydrogens is 238 g/mol. The molecule has 0 amide bonds. The zero-order valence-corrected chi connectivity index (χ0v) is 8.85. The summed E-state index contributed by atoms with van der Waals surface area (Å²) in [6, 6.07) is 3.24. The fraction of sp³-hybridized carbons (Fsp3) is 0.111. The predicted molar refractivity (Wildman–Crippen MR) is 54.5 cm³/mol. The van der Waals surface area contributed by atoms with Gasteiger partial charge in [-0.05, 0) is 6.07 Å². The molecule has 16 heavy (non-hydrogen) atoms. The summed E-state index contributed by atoms with van der Waals surface area (Å²) in [6.45, 7) is 0. The Bertz CT molecular complexity index is 471. The Morgan fingerprint density at radius 1 is 1.44 bits per heavy atom. The zero-order chi connectivity index (χ0) is 12.3. The maximum atomic E-state index is 11.4. The standard InChI is InChI=1S/C9H6ClNO5/c1-16-9(13)8(12)6-4-5(11(14)15)2-3-7(6)10/h2-4H,1H3. The Morgan fingerprint density at radius 2 is 2.06 bits per heavy atom. The Hall–Kier alpha value is -1.95. The Labute approximate surface area is 94.9 Å². The molecule has 0 fully saturated rings. The van der Waals surface area contributed by atoms with Crippen LogP contribution in [0.4, 0.5) is 5.69 Å². The molecule has 0 spiro atoms. The summed E-state index contributed by atoms with van der Waals surface area (Å²) in [5.41, 5.74) is -0.570. The van der Waals surface area contributed by atoms with E-state index in [0.29, 0.717) is 0 Å². The summed E-state index contributed by atoms with van der Waals surface area (Å²) in [4.78, 5) is 32.1. The molecule has 0 aliphatic carbocycles. The Kier molecular flexibility index (Phi) is 3.57. The van der Waals surface area contributed by atoms with Gasteiger partial charge in [0.25, 0.3) is 11.5 Å². The first-order valence-corrected chi connectivity index (χ1v) is 4.41. The molecule has 0 aliphatic heterocycles. The van der Waals surface area contributed by atoms with Crippen LogP contribution >= 0.6 is 11.6 Å². The van der Waals surface area contributed by atoms with Crippen molar-refractivity contribution in [3.63, 3.8) is 0 Å². The van der Waals surface area contributed by atoms with Crippen LogP contribution in [0.2, 0.25) is 5.02 Å². The summed E-state index contributed by atoms with van der Waals surface area (Å²) in [5.74, 6) is -2.14. The van der Waals surface area contributed by atoms with Gasteiger partial charge in [-0.15, -0.1) is 0 Å². The van der Waals surface area contributed by atoms with Gasteiger partial charge < -0.3 is 4.74 Å². The molecule has 0 unspecified atom stereocenters. The summed E-state index contributed by atoms with van der Waals surface area (Å²) >= 11 is 5.65. The van der Waals surface area contributed by atoms with Crippen molar-refractivity contribution in [2.75, 3.05) is 7.11 Å². The maximum Gasteiger partial charge on any atom is 0.379 e. The number of ketones is 1. The molecule has 1 aromatic rings. The number of non-ortho nitro benzene ring substituents is 1. The molecule has 0 aliphatic rings. The summed E-state index contributed by atoms with van der Waals surface area (Å²) in [7, 11) is 1.03. The molecule has 1 rings (SSSR count). The predicted octanol–water partition coefficient (Wildman–Crippen LogP) is 1.60. The number of carbonyl (C=O) groups excluding carboxylic acids is 2. The van der Waals surface area contributed by atoms with Crippen LogP contribution < -0.4 is 0 Å². The fourth-order valence-corrected chi connectivity index (χ4v) is 1.21. The molecule has 0 N–H and O–H groups in total. The van der Waals surface area contributed by atoms with Crippen LogP contribution in [-0.4, -0.2) is 23.8 Å². The third-order valence-electron chi connectivity index (χ3n) is 1.78. The number of methoxy groups -OCH3 is 1. The van der Waals surface area contributed by atoms with Crippen molar-refractivity contribution in [2.45, 2.75) is 0 Å². The van der Waals surface area contributed by atoms with Gasteiger partial charge in [-0.25, -0.2) is 4.79 Å². The normalized spacial score (nSPS) is 9.62. The summed E-state index contributed by atoms with van der Waals surface area (Å²) in [5, 5.41) is 10.4. The van der Waals surface area contributed by atoms with E-state index in [1.54, 1.807) is 0 Å². The molecule has 0 saturated carbocycles. The molecule has 0 aromatic heterocycles. The van der Waals surface area contributed by atoms with Crippen molar-refractivity contribution in [3.05, 3.63) is 38.9 Å². The molecule has 84 valence electrons. The van der Waals surface area contributed by atoms with Crippen molar-refractivity contribution in [3.8, 4) is 0 Å². The van der Waals surface area contributed by atoms with Crippen LogP contribution in [0.3, 0.4) is 0 Å². The average molecular weight is 244 g/mol. The van der Waals surface area contributed by atoms with Gasteiger partial charge in [-0.1, -0.05) is 11.6 Å². The lowest BCUT2D eigenvalue weighted by atomic mass is 10.1. The molecule has 0 radical (unpaired) electrons. The second-order valence-electron chi connectivity index (χ2n) is 2.74. The lowest BCUT2D eigenvalue weighted by Crippen LogP contribution is -2.16. The lowest BCUT2D eigenvalue weighted by Gasteiger charge is -2.01. The van der Waals surface area contributed by atoms with Crippen molar-refractivity contribution < 1.29 is 19.2 Å². The van der Waals surface area contributed by atoms with Gasteiger partial charge in [0, 0.05) is 12.1 Å². The highest BCUT2D eigenvalue weighted by atomic mass is 35.5. The highest BCUT2D eigenvalue weighted by molar-refractivity contribution is 6.45. The van der Waals surface area contributed by atoms with Gasteiger partial charge in [0.2, 0.25) is 0 Å². The topological polar surface area (TPSA) is 86.5 Å². The van der Waals surface area contributed by atoms with Crippen LogP contribution in [0, 0.1) is 10.1 Å². The van der Waals surface area contributed by atoms with E-state index in [-0.39, 0.29) is 16.3 Å². The van der Waals surface area contributed by atoms with Gasteiger partial charge in [-0.2, -0.15) is 0 Å². The van der Waals surface area contributed by atoms with Crippen molar-refractivity contribution in [1.29, 1.82) is 0 Å². The van der Waals surface area contributed by atoms with Gasteiger partial charge in [-0.3, -0.25) is 14.9 Å². The minimum atomic E-state index is -1.12. The van der Waals surface area contributed by atoms with E-state index in [2.05, 4.69) is 4.74 Å². The van der Waals surface area contributed by atoms with Gasteiger partial charge in [0.1, 0.15) is 0 Å². The third-order valence-corrected chi connectivity index (χ3v) is 2.11. The van der Waals surface area contributed by atoms with E-state index in [4.69, 9.17) is 11.6 Å². The number of nitro groups is 1. The number of hydrogen-bond acceptors (Lipinski definition) is 5. The number of halogens is 1. The lowest BCUT2D eigenvalue weighted by molar-refractivity contribution is -0.384. The number of esters is 1. The monoisotopic (exact) mass is 243 g/mol. The Morgan fingerprint density at radius 3 is 2.56 bits per heavy atom.